The summed E-state index contributed by atoms with van der Waals surface area (Å²) >= 11 is 2.23. The second kappa shape index (κ2) is 5.24. The standard InChI is InChI=1S/C14H14INO2/c1-14(17,10-5-7-11(15)8-6-10)13-12(18-2)4-3-9-16-13/h3-9,17H,1-2H3. The maximum absolute atomic E-state index is 10.7. The van der Waals surface area contributed by atoms with Crippen LogP contribution in [0.25, 0.3) is 0 Å². The average Bonchev–Trinajstić information content (AvgIpc) is 2.39. The molecule has 0 aliphatic heterocycles. The van der Waals surface area contributed by atoms with Crippen LogP contribution in [0.15, 0.2) is 42.6 Å². The van der Waals surface area contributed by atoms with Gasteiger partial charge in [-0.3, -0.25) is 4.98 Å². The van der Waals surface area contributed by atoms with Crippen molar-refractivity contribution in [3.63, 3.8) is 0 Å². The van der Waals surface area contributed by atoms with Gasteiger partial charge in [0.15, 0.2) is 0 Å². The quantitative estimate of drug-likeness (QED) is 0.861. The lowest BCUT2D eigenvalue weighted by Crippen LogP contribution is -2.25. The molecule has 94 valence electrons. The van der Waals surface area contributed by atoms with Crippen LogP contribution >= 0.6 is 22.6 Å². The molecule has 0 fully saturated rings. The molecule has 0 aliphatic carbocycles. The zero-order valence-electron chi connectivity index (χ0n) is 10.2. The van der Waals surface area contributed by atoms with Crippen molar-refractivity contribution >= 4 is 22.6 Å². The van der Waals surface area contributed by atoms with Gasteiger partial charge in [0.05, 0.1) is 7.11 Å². The van der Waals surface area contributed by atoms with E-state index < -0.39 is 5.60 Å². The smallest absolute Gasteiger partial charge is 0.143 e. The molecular formula is C14H14INO2. The number of methoxy groups -OCH3 is 1. The Morgan fingerprint density at radius 3 is 2.50 bits per heavy atom. The number of nitrogens with zero attached hydrogens (tertiary/aromatic N) is 1. The van der Waals surface area contributed by atoms with Crippen LogP contribution in [0.3, 0.4) is 0 Å². The van der Waals surface area contributed by atoms with Gasteiger partial charge in [-0.1, -0.05) is 12.1 Å². The van der Waals surface area contributed by atoms with E-state index in [2.05, 4.69) is 27.6 Å². The Labute approximate surface area is 120 Å². The number of hydrogen-bond donors (Lipinski definition) is 1. The third-order valence-electron chi connectivity index (χ3n) is 2.86. The lowest BCUT2D eigenvalue weighted by atomic mass is 9.91. The Hall–Kier alpha value is -1.14. The van der Waals surface area contributed by atoms with Crippen molar-refractivity contribution in [2.24, 2.45) is 0 Å². The maximum atomic E-state index is 10.7. The Morgan fingerprint density at radius 2 is 1.89 bits per heavy atom. The van der Waals surface area contributed by atoms with E-state index in [0.29, 0.717) is 11.4 Å². The first kappa shape index (κ1) is 13.3. The Morgan fingerprint density at radius 1 is 1.22 bits per heavy atom. The summed E-state index contributed by atoms with van der Waals surface area (Å²) < 4.78 is 6.38. The second-order valence-electron chi connectivity index (χ2n) is 4.13. The molecular weight excluding hydrogens is 341 g/mol. The van der Waals surface area contributed by atoms with Crippen molar-refractivity contribution in [3.05, 3.63) is 57.4 Å². The zero-order valence-corrected chi connectivity index (χ0v) is 12.4. The van der Waals surface area contributed by atoms with Gasteiger partial charge in [-0.15, -0.1) is 0 Å². The predicted octanol–water partition coefficient (Wildman–Crippen LogP) is 2.95. The molecule has 1 aromatic heterocycles. The molecule has 1 heterocycles. The number of hydrogen-bond acceptors (Lipinski definition) is 3. The van der Waals surface area contributed by atoms with Crippen molar-refractivity contribution in [2.75, 3.05) is 7.11 Å². The first-order valence-corrected chi connectivity index (χ1v) is 6.61. The number of aromatic nitrogens is 1. The van der Waals surface area contributed by atoms with Crippen LogP contribution in [0.1, 0.15) is 18.2 Å². The van der Waals surface area contributed by atoms with Crippen molar-refractivity contribution in [2.45, 2.75) is 12.5 Å². The molecule has 0 bridgehead atoms. The van der Waals surface area contributed by atoms with Crippen LogP contribution in [0.4, 0.5) is 0 Å². The number of aliphatic hydroxyl groups is 1. The average molecular weight is 355 g/mol. The van der Waals surface area contributed by atoms with Crippen LogP contribution in [0.2, 0.25) is 0 Å². The lowest BCUT2D eigenvalue weighted by Gasteiger charge is -2.25. The highest BCUT2D eigenvalue weighted by Crippen LogP contribution is 2.33. The summed E-state index contributed by atoms with van der Waals surface area (Å²) in [6.45, 7) is 1.72. The maximum Gasteiger partial charge on any atom is 0.143 e. The van der Waals surface area contributed by atoms with Gasteiger partial charge in [-0.2, -0.15) is 0 Å². The van der Waals surface area contributed by atoms with Crippen LogP contribution < -0.4 is 4.74 Å². The fourth-order valence-corrected chi connectivity index (χ4v) is 2.19. The summed E-state index contributed by atoms with van der Waals surface area (Å²) in [6, 6.07) is 11.3. The highest BCUT2D eigenvalue weighted by molar-refractivity contribution is 14.1. The predicted molar refractivity (Wildman–Crippen MR) is 78.6 cm³/mol. The summed E-state index contributed by atoms with van der Waals surface area (Å²) in [5, 5.41) is 10.7. The highest BCUT2D eigenvalue weighted by atomic mass is 127. The molecule has 0 aliphatic rings. The molecule has 1 aromatic carbocycles. The summed E-state index contributed by atoms with van der Waals surface area (Å²) in [5.41, 5.74) is 0.144. The lowest BCUT2D eigenvalue weighted by molar-refractivity contribution is 0.0939. The molecule has 2 rings (SSSR count). The number of ether oxygens (including phenoxy) is 1. The van der Waals surface area contributed by atoms with Gasteiger partial charge in [0.25, 0.3) is 0 Å². The van der Waals surface area contributed by atoms with E-state index in [1.54, 1.807) is 32.4 Å². The molecule has 1 atom stereocenters. The highest BCUT2D eigenvalue weighted by Gasteiger charge is 2.30. The molecule has 4 heteroatoms. The van der Waals surface area contributed by atoms with Gasteiger partial charge in [0, 0.05) is 9.77 Å². The Balaban J connectivity index is 2.50. The molecule has 0 spiro atoms. The van der Waals surface area contributed by atoms with Crippen molar-refractivity contribution in [1.82, 2.24) is 4.98 Å². The van der Waals surface area contributed by atoms with Crippen LogP contribution in [-0.4, -0.2) is 17.2 Å². The van der Waals surface area contributed by atoms with Crippen LogP contribution in [-0.2, 0) is 5.60 Å². The minimum Gasteiger partial charge on any atom is -0.495 e. The number of benzene rings is 1. The fraction of sp³-hybridized carbons (Fsp3) is 0.214. The van der Waals surface area contributed by atoms with Gasteiger partial charge in [0.1, 0.15) is 17.0 Å². The molecule has 0 saturated carbocycles. The molecule has 2 aromatic rings. The monoisotopic (exact) mass is 355 g/mol. The Bertz CT molecular complexity index is 538. The third-order valence-corrected chi connectivity index (χ3v) is 3.58. The molecule has 18 heavy (non-hydrogen) atoms. The van der Waals surface area contributed by atoms with Crippen LogP contribution in [0.5, 0.6) is 5.75 Å². The van der Waals surface area contributed by atoms with Gasteiger partial charge in [0.2, 0.25) is 0 Å². The van der Waals surface area contributed by atoms with E-state index in [1.807, 2.05) is 24.3 Å². The van der Waals surface area contributed by atoms with Crippen molar-refractivity contribution in [1.29, 1.82) is 0 Å². The van der Waals surface area contributed by atoms with E-state index in [1.165, 1.54) is 0 Å². The van der Waals surface area contributed by atoms with E-state index in [4.69, 9.17) is 4.74 Å². The molecule has 1 unspecified atom stereocenters. The number of rotatable bonds is 3. The largest absolute Gasteiger partial charge is 0.495 e. The van der Waals surface area contributed by atoms with Gasteiger partial charge in [-0.25, -0.2) is 0 Å². The fourth-order valence-electron chi connectivity index (χ4n) is 1.83. The minimum absolute atomic E-state index is 0.522. The zero-order chi connectivity index (χ0) is 13.2. The number of halogens is 1. The van der Waals surface area contributed by atoms with Gasteiger partial charge >= 0.3 is 0 Å². The Kier molecular flexibility index (Phi) is 3.87. The van der Waals surface area contributed by atoms with Crippen molar-refractivity contribution in [3.8, 4) is 5.75 Å². The SMILES string of the molecule is COc1cccnc1C(C)(O)c1ccc(I)cc1. The normalized spacial score (nSPS) is 14.0. The van der Waals surface area contributed by atoms with Gasteiger partial charge in [-0.05, 0) is 59.3 Å². The summed E-state index contributed by atoms with van der Waals surface area (Å²) in [5.74, 6) is 0.584. The molecule has 0 saturated heterocycles. The van der Waals surface area contributed by atoms with E-state index in [-0.39, 0.29) is 0 Å². The van der Waals surface area contributed by atoms with E-state index in [9.17, 15) is 5.11 Å². The minimum atomic E-state index is -1.17. The topological polar surface area (TPSA) is 42.4 Å². The third kappa shape index (κ3) is 2.49. The summed E-state index contributed by atoms with van der Waals surface area (Å²) in [6.07, 6.45) is 1.65. The van der Waals surface area contributed by atoms with Gasteiger partial charge < -0.3 is 9.84 Å². The van der Waals surface area contributed by atoms with Crippen LogP contribution in [0, 0.1) is 3.57 Å². The molecule has 1 N–H and O–H groups in total. The number of pyridine rings is 1. The molecule has 0 radical (unpaired) electrons. The first-order valence-electron chi connectivity index (χ1n) is 5.53. The molecule has 3 nitrogen and oxygen atoms in total. The van der Waals surface area contributed by atoms with Crippen molar-refractivity contribution < 1.29 is 9.84 Å². The molecule has 0 amide bonds. The first-order chi connectivity index (χ1) is 8.55. The van der Waals surface area contributed by atoms with E-state index >= 15 is 0 Å². The summed E-state index contributed by atoms with van der Waals surface area (Å²) in [7, 11) is 1.57. The van der Waals surface area contributed by atoms with E-state index in [0.717, 1.165) is 9.13 Å². The second-order valence-corrected chi connectivity index (χ2v) is 5.38. The summed E-state index contributed by atoms with van der Waals surface area (Å²) in [4.78, 5) is 4.24.